The summed E-state index contributed by atoms with van der Waals surface area (Å²) in [5.41, 5.74) is 1.42. The molecule has 0 spiro atoms. The Kier molecular flexibility index (Phi) is 8.57. The first kappa shape index (κ1) is 25.5. The number of aliphatic carboxylic acids is 1. The van der Waals surface area contributed by atoms with Gasteiger partial charge in [-0.3, -0.25) is 9.59 Å². The molecule has 0 amide bonds. The fourth-order valence-corrected chi connectivity index (χ4v) is 4.56. The fraction of sp³-hybridized carbons (Fsp3) is 0.429. The van der Waals surface area contributed by atoms with Gasteiger partial charge in [0.15, 0.2) is 5.78 Å². The van der Waals surface area contributed by atoms with Crippen molar-refractivity contribution in [1.29, 1.82) is 0 Å². The van der Waals surface area contributed by atoms with Gasteiger partial charge >= 0.3 is 5.97 Å². The van der Waals surface area contributed by atoms with E-state index in [9.17, 15) is 19.8 Å². The average molecular weight is 437 g/mol. The summed E-state index contributed by atoms with van der Waals surface area (Å²) in [5, 5.41) is 20.9. The highest BCUT2D eigenvalue weighted by molar-refractivity contribution is 6.08. The van der Waals surface area contributed by atoms with Crippen LogP contribution >= 0.6 is 0 Å². The van der Waals surface area contributed by atoms with Crippen molar-refractivity contribution in [2.75, 3.05) is 0 Å². The summed E-state index contributed by atoms with van der Waals surface area (Å²) in [6.07, 6.45) is 3.04. The Hall–Kier alpha value is -2.72. The van der Waals surface area contributed by atoms with E-state index in [0.29, 0.717) is 36.8 Å². The normalized spacial score (nSPS) is 15.4. The number of hydrogen-bond donors (Lipinski definition) is 2. The lowest BCUT2D eigenvalue weighted by Crippen LogP contribution is -2.43. The maximum absolute atomic E-state index is 12.6. The lowest BCUT2D eigenvalue weighted by molar-refractivity contribution is -0.154. The van der Waals surface area contributed by atoms with Crippen LogP contribution in [-0.4, -0.2) is 28.1 Å². The second kappa shape index (κ2) is 10.7. The highest BCUT2D eigenvalue weighted by Crippen LogP contribution is 2.45. The molecule has 172 valence electrons. The number of carbonyl (C=O) groups is 2. The third kappa shape index (κ3) is 6.39. The third-order valence-corrected chi connectivity index (χ3v) is 6.60. The molecule has 3 atom stereocenters. The molecule has 0 saturated carbocycles. The van der Waals surface area contributed by atoms with E-state index in [2.05, 4.69) is 6.58 Å². The number of aryl methyl sites for hydroxylation is 1. The van der Waals surface area contributed by atoms with Crippen LogP contribution in [0.15, 0.2) is 67.3 Å². The van der Waals surface area contributed by atoms with Crippen molar-refractivity contribution in [3.8, 4) is 0 Å². The second-order valence-electron chi connectivity index (χ2n) is 9.69. The number of aliphatic hydroxyl groups excluding tert-OH is 1. The van der Waals surface area contributed by atoms with E-state index in [-0.39, 0.29) is 11.2 Å². The summed E-state index contributed by atoms with van der Waals surface area (Å²) in [4.78, 5) is 24.7. The number of hydrogen-bond acceptors (Lipinski definition) is 3. The highest BCUT2D eigenvalue weighted by atomic mass is 16.4. The van der Waals surface area contributed by atoms with Crippen LogP contribution in [0.3, 0.4) is 0 Å². The summed E-state index contributed by atoms with van der Waals surface area (Å²) in [6.45, 7) is 11.9. The average Bonchev–Trinajstić information content (AvgIpc) is 2.77. The molecule has 3 unspecified atom stereocenters. The minimum atomic E-state index is -0.969. The van der Waals surface area contributed by atoms with Gasteiger partial charge < -0.3 is 10.2 Å². The van der Waals surface area contributed by atoms with Crippen molar-refractivity contribution >= 4 is 11.8 Å². The smallest absolute Gasteiger partial charge is 0.309 e. The molecule has 0 fully saturated rings. The summed E-state index contributed by atoms with van der Waals surface area (Å²) < 4.78 is 0. The molecular formula is C28H36O4. The lowest BCUT2D eigenvalue weighted by atomic mass is 9.63. The van der Waals surface area contributed by atoms with Crippen molar-refractivity contribution in [2.45, 2.75) is 59.5 Å². The molecule has 2 aromatic carbocycles. The first-order chi connectivity index (χ1) is 15.0. The quantitative estimate of drug-likeness (QED) is 0.319. The van der Waals surface area contributed by atoms with Gasteiger partial charge in [0.05, 0.1) is 12.0 Å². The molecule has 2 aromatic rings. The van der Waals surface area contributed by atoms with Gasteiger partial charge in [0.25, 0.3) is 0 Å². The molecule has 4 heteroatoms. The number of carboxylic acids is 1. The molecule has 0 aliphatic heterocycles. The van der Waals surface area contributed by atoms with E-state index >= 15 is 0 Å². The number of ketones is 1. The maximum Gasteiger partial charge on any atom is 0.309 e. The monoisotopic (exact) mass is 436 g/mol. The molecule has 0 aliphatic carbocycles. The maximum atomic E-state index is 12.6. The van der Waals surface area contributed by atoms with Crippen LogP contribution in [0, 0.1) is 16.7 Å². The number of benzene rings is 2. The van der Waals surface area contributed by atoms with Crippen molar-refractivity contribution < 1.29 is 19.8 Å². The summed E-state index contributed by atoms with van der Waals surface area (Å²) in [5.74, 6) is -1.87. The molecule has 2 rings (SSSR count). The van der Waals surface area contributed by atoms with Gasteiger partial charge in [-0.2, -0.15) is 0 Å². The van der Waals surface area contributed by atoms with Crippen LogP contribution in [0.2, 0.25) is 0 Å². The SMILES string of the molecule is C=CC(C)(C)CC(C)(CC)C(C(=O)O)C(O)CCc1ccc(C(=O)c2ccccc2)cc1. The number of aliphatic hydroxyl groups is 1. The summed E-state index contributed by atoms with van der Waals surface area (Å²) in [6, 6.07) is 16.4. The zero-order chi connectivity index (χ0) is 23.9. The molecule has 0 aliphatic rings. The predicted octanol–water partition coefficient (Wildman–Crippen LogP) is 5.93. The Bertz CT molecular complexity index is 914. The fourth-order valence-electron chi connectivity index (χ4n) is 4.56. The third-order valence-electron chi connectivity index (χ3n) is 6.60. The predicted molar refractivity (Wildman–Crippen MR) is 129 cm³/mol. The van der Waals surface area contributed by atoms with Gasteiger partial charge in [0.1, 0.15) is 0 Å². The zero-order valence-corrected chi connectivity index (χ0v) is 19.7. The van der Waals surface area contributed by atoms with Crippen LogP contribution in [0.4, 0.5) is 0 Å². The van der Waals surface area contributed by atoms with Crippen LogP contribution in [0.1, 0.15) is 68.4 Å². The number of carbonyl (C=O) groups excluding carboxylic acids is 1. The molecule has 32 heavy (non-hydrogen) atoms. The van der Waals surface area contributed by atoms with Gasteiger partial charge in [-0.15, -0.1) is 6.58 Å². The molecule has 0 saturated heterocycles. The van der Waals surface area contributed by atoms with Crippen molar-refractivity contribution in [3.63, 3.8) is 0 Å². The lowest BCUT2D eigenvalue weighted by Gasteiger charge is -2.41. The van der Waals surface area contributed by atoms with E-state index < -0.39 is 23.4 Å². The van der Waals surface area contributed by atoms with Crippen molar-refractivity contribution in [3.05, 3.63) is 83.9 Å². The van der Waals surface area contributed by atoms with Gasteiger partial charge in [-0.1, -0.05) is 88.4 Å². The van der Waals surface area contributed by atoms with Crippen LogP contribution in [0.5, 0.6) is 0 Å². The van der Waals surface area contributed by atoms with E-state index in [4.69, 9.17) is 0 Å². The minimum Gasteiger partial charge on any atom is -0.481 e. The van der Waals surface area contributed by atoms with E-state index in [1.165, 1.54) is 0 Å². The standard InChI is InChI=1S/C28H36O4/c1-6-27(3,4)19-28(5,7-2)24(26(31)32)23(29)18-15-20-13-16-22(17-14-20)25(30)21-11-9-8-10-12-21/h6,8-14,16-17,23-24,29H,1,7,15,18-19H2,2-5H3,(H,31,32). The topological polar surface area (TPSA) is 74.6 Å². The van der Waals surface area contributed by atoms with E-state index in [1.807, 2.05) is 64.1 Å². The first-order valence-corrected chi connectivity index (χ1v) is 11.3. The van der Waals surface area contributed by atoms with Gasteiger partial charge in [-0.05, 0) is 42.1 Å². The Morgan fingerprint density at radius 1 is 1.00 bits per heavy atom. The molecule has 0 bridgehead atoms. The first-order valence-electron chi connectivity index (χ1n) is 11.3. The molecule has 2 N–H and O–H groups in total. The molecular weight excluding hydrogens is 400 g/mol. The van der Waals surface area contributed by atoms with Crippen molar-refractivity contribution in [2.24, 2.45) is 16.7 Å². The number of rotatable bonds is 12. The molecule has 4 nitrogen and oxygen atoms in total. The zero-order valence-electron chi connectivity index (χ0n) is 19.7. The second-order valence-corrected chi connectivity index (χ2v) is 9.69. The Morgan fingerprint density at radius 3 is 2.06 bits per heavy atom. The number of carboxylic acid groups (broad SMARTS) is 1. The van der Waals surface area contributed by atoms with Crippen LogP contribution < -0.4 is 0 Å². The highest BCUT2D eigenvalue weighted by Gasteiger charge is 2.44. The largest absolute Gasteiger partial charge is 0.481 e. The minimum absolute atomic E-state index is 0.0355. The van der Waals surface area contributed by atoms with Crippen LogP contribution in [0.25, 0.3) is 0 Å². The Labute approximate surface area is 192 Å². The molecule has 0 heterocycles. The Balaban J connectivity index is 2.10. The van der Waals surface area contributed by atoms with Gasteiger partial charge in [0, 0.05) is 11.1 Å². The van der Waals surface area contributed by atoms with E-state index in [1.54, 1.807) is 24.3 Å². The summed E-state index contributed by atoms with van der Waals surface area (Å²) in [7, 11) is 0. The summed E-state index contributed by atoms with van der Waals surface area (Å²) >= 11 is 0. The molecule has 0 radical (unpaired) electrons. The van der Waals surface area contributed by atoms with Gasteiger partial charge in [-0.25, -0.2) is 0 Å². The van der Waals surface area contributed by atoms with E-state index in [0.717, 1.165) is 5.56 Å². The van der Waals surface area contributed by atoms with Crippen LogP contribution in [-0.2, 0) is 11.2 Å². The molecule has 0 aromatic heterocycles. The van der Waals surface area contributed by atoms with Crippen molar-refractivity contribution in [1.82, 2.24) is 0 Å². The Morgan fingerprint density at radius 2 is 1.56 bits per heavy atom. The number of allylic oxidation sites excluding steroid dienone is 1. The van der Waals surface area contributed by atoms with Gasteiger partial charge in [0.2, 0.25) is 0 Å².